The molecular weight excluding hydrogens is 294 g/mol. The van der Waals surface area contributed by atoms with Crippen molar-refractivity contribution in [2.45, 2.75) is 51.6 Å². The zero-order chi connectivity index (χ0) is 17.0. The second-order valence-corrected chi connectivity index (χ2v) is 7.08. The maximum atomic E-state index is 12.2. The lowest BCUT2D eigenvalue weighted by Gasteiger charge is -2.34. The number of carboxylic acid groups (broad SMARTS) is 1. The van der Waals surface area contributed by atoms with Gasteiger partial charge < -0.3 is 14.7 Å². The largest absolute Gasteiger partial charge is 0.481 e. The highest BCUT2D eigenvalue weighted by Gasteiger charge is 2.28. The van der Waals surface area contributed by atoms with Gasteiger partial charge in [-0.2, -0.15) is 0 Å². The van der Waals surface area contributed by atoms with Gasteiger partial charge in [-0.05, 0) is 44.7 Å². The molecule has 1 aliphatic heterocycles. The Balaban J connectivity index is 2.06. The van der Waals surface area contributed by atoms with Gasteiger partial charge in [0.05, 0.1) is 6.42 Å². The topological polar surface area (TPSA) is 66.8 Å². The van der Waals surface area contributed by atoms with Gasteiger partial charge >= 0.3 is 12.1 Å². The minimum absolute atomic E-state index is 0.0241. The number of carbonyl (C=O) groups excluding carboxylic acids is 1. The number of carboxylic acids is 1. The minimum atomic E-state index is -0.832. The highest BCUT2D eigenvalue weighted by atomic mass is 16.6. The van der Waals surface area contributed by atoms with Gasteiger partial charge in [0.25, 0.3) is 0 Å². The molecule has 126 valence electrons. The Bertz CT molecular complexity index is 577. The van der Waals surface area contributed by atoms with Crippen molar-refractivity contribution in [3.63, 3.8) is 0 Å². The van der Waals surface area contributed by atoms with Crippen LogP contribution in [0, 0.1) is 0 Å². The van der Waals surface area contributed by atoms with E-state index in [4.69, 9.17) is 9.84 Å². The van der Waals surface area contributed by atoms with E-state index in [1.54, 1.807) is 4.90 Å². The van der Waals surface area contributed by atoms with E-state index in [-0.39, 0.29) is 18.4 Å². The van der Waals surface area contributed by atoms with Crippen LogP contribution in [0.1, 0.15) is 50.7 Å². The van der Waals surface area contributed by atoms with Crippen molar-refractivity contribution in [3.8, 4) is 0 Å². The highest BCUT2D eigenvalue weighted by Crippen LogP contribution is 2.28. The average Bonchev–Trinajstić information content (AvgIpc) is 2.45. The van der Waals surface area contributed by atoms with Gasteiger partial charge in [0, 0.05) is 19.0 Å². The highest BCUT2D eigenvalue weighted by molar-refractivity contribution is 5.70. The fourth-order valence-electron chi connectivity index (χ4n) is 2.87. The summed E-state index contributed by atoms with van der Waals surface area (Å²) in [5.74, 6) is -0.605. The summed E-state index contributed by atoms with van der Waals surface area (Å²) in [6.07, 6.45) is 1.67. The van der Waals surface area contributed by atoms with Crippen molar-refractivity contribution in [2.75, 3.05) is 13.1 Å². The molecule has 2 rings (SSSR count). The van der Waals surface area contributed by atoms with Crippen LogP contribution in [0.5, 0.6) is 0 Å². The molecule has 23 heavy (non-hydrogen) atoms. The number of nitrogens with zero attached hydrogens (tertiary/aromatic N) is 1. The second-order valence-electron chi connectivity index (χ2n) is 7.08. The van der Waals surface area contributed by atoms with Gasteiger partial charge in [-0.15, -0.1) is 0 Å². The van der Waals surface area contributed by atoms with Crippen molar-refractivity contribution in [2.24, 2.45) is 0 Å². The van der Waals surface area contributed by atoms with Crippen LogP contribution in [0.15, 0.2) is 24.3 Å². The van der Waals surface area contributed by atoms with Crippen molar-refractivity contribution in [1.82, 2.24) is 4.90 Å². The first-order valence-corrected chi connectivity index (χ1v) is 8.03. The maximum Gasteiger partial charge on any atom is 0.410 e. The van der Waals surface area contributed by atoms with Gasteiger partial charge in [-0.3, -0.25) is 4.79 Å². The lowest BCUT2D eigenvalue weighted by molar-refractivity contribution is -0.136. The molecule has 1 aromatic carbocycles. The minimum Gasteiger partial charge on any atom is -0.481 e. The Hall–Kier alpha value is -2.04. The quantitative estimate of drug-likeness (QED) is 0.927. The normalized spacial score (nSPS) is 18.6. The Kier molecular flexibility index (Phi) is 5.29. The molecule has 1 aromatic rings. The molecule has 0 aliphatic carbocycles. The van der Waals surface area contributed by atoms with Crippen LogP contribution in [-0.2, 0) is 16.0 Å². The van der Waals surface area contributed by atoms with Crippen LogP contribution in [0.25, 0.3) is 0 Å². The summed E-state index contributed by atoms with van der Waals surface area (Å²) in [7, 11) is 0. The monoisotopic (exact) mass is 319 g/mol. The molecule has 1 saturated heterocycles. The summed E-state index contributed by atoms with van der Waals surface area (Å²) in [5, 5.41) is 8.92. The number of piperidine rings is 1. The van der Waals surface area contributed by atoms with E-state index in [0.29, 0.717) is 13.1 Å². The smallest absolute Gasteiger partial charge is 0.410 e. The first-order valence-electron chi connectivity index (χ1n) is 8.03. The Morgan fingerprint density at radius 1 is 1.35 bits per heavy atom. The Morgan fingerprint density at radius 3 is 2.74 bits per heavy atom. The number of likely N-dealkylation sites (tertiary alicyclic amines) is 1. The van der Waals surface area contributed by atoms with E-state index in [1.165, 1.54) is 0 Å². The Labute approximate surface area is 137 Å². The summed E-state index contributed by atoms with van der Waals surface area (Å²) in [6.45, 7) is 6.91. The molecule has 5 heteroatoms. The van der Waals surface area contributed by atoms with Crippen LogP contribution in [0.2, 0.25) is 0 Å². The summed E-state index contributed by atoms with van der Waals surface area (Å²) < 4.78 is 5.45. The van der Waals surface area contributed by atoms with Gasteiger partial charge in [0.15, 0.2) is 0 Å². The second kappa shape index (κ2) is 7.02. The molecule has 0 bridgehead atoms. The fraction of sp³-hybridized carbons (Fsp3) is 0.556. The third-order valence-electron chi connectivity index (χ3n) is 3.85. The lowest BCUT2D eigenvalue weighted by Crippen LogP contribution is -2.42. The molecule has 1 amide bonds. The molecule has 1 N–H and O–H groups in total. The van der Waals surface area contributed by atoms with Gasteiger partial charge in [-0.1, -0.05) is 24.3 Å². The van der Waals surface area contributed by atoms with E-state index >= 15 is 0 Å². The zero-order valence-electron chi connectivity index (χ0n) is 14.0. The maximum absolute atomic E-state index is 12.2. The van der Waals surface area contributed by atoms with Crippen molar-refractivity contribution in [3.05, 3.63) is 35.4 Å². The summed E-state index contributed by atoms with van der Waals surface area (Å²) in [6, 6.07) is 7.66. The molecule has 0 aromatic heterocycles. The van der Waals surface area contributed by atoms with Crippen molar-refractivity contribution < 1.29 is 19.4 Å². The predicted octanol–water partition coefficient (Wildman–Crippen LogP) is 3.43. The summed E-state index contributed by atoms with van der Waals surface area (Å²) in [5.41, 5.74) is 1.40. The molecule has 1 heterocycles. The molecule has 1 atom stereocenters. The number of hydrogen-bond donors (Lipinski definition) is 1. The molecule has 1 fully saturated rings. The molecular formula is C18H25NO4. The van der Waals surface area contributed by atoms with Gasteiger partial charge in [0.1, 0.15) is 5.60 Å². The molecule has 1 unspecified atom stereocenters. The number of ether oxygens (including phenoxy) is 1. The van der Waals surface area contributed by atoms with E-state index in [9.17, 15) is 9.59 Å². The van der Waals surface area contributed by atoms with E-state index in [1.807, 2.05) is 45.0 Å². The molecule has 0 spiro atoms. The van der Waals surface area contributed by atoms with Crippen LogP contribution >= 0.6 is 0 Å². The molecule has 0 saturated carbocycles. The third kappa shape index (κ3) is 5.27. The Morgan fingerprint density at radius 2 is 2.09 bits per heavy atom. The number of rotatable bonds is 3. The number of carbonyl (C=O) groups is 2. The third-order valence-corrected chi connectivity index (χ3v) is 3.85. The van der Waals surface area contributed by atoms with E-state index in [0.717, 1.165) is 24.0 Å². The SMILES string of the molecule is CC(C)(C)OC(=O)N1CCCC(c2cccc(CC(=O)O)c2)C1. The average molecular weight is 319 g/mol. The standard InChI is InChI=1S/C18H25NO4/c1-18(2,3)23-17(22)19-9-5-8-15(12-19)14-7-4-6-13(10-14)11-16(20)21/h4,6-7,10,15H,5,8-9,11-12H2,1-3H3,(H,20,21). The predicted molar refractivity (Wildman–Crippen MR) is 87.6 cm³/mol. The summed E-state index contributed by atoms with van der Waals surface area (Å²) >= 11 is 0. The number of aliphatic carboxylic acids is 1. The number of benzene rings is 1. The molecule has 0 radical (unpaired) electrons. The van der Waals surface area contributed by atoms with E-state index < -0.39 is 11.6 Å². The first kappa shape index (κ1) is 17.3. The van der Waals surface area contributed by atoms with Crippen LogP contribution in [-0.4, -0.2) is 40.8 Å². The van der Waals surface area contributed by atoms with Crippen molar-refractivity contribution in [1.29, 1.82) is 0 Å². The number of hydrogen-bond acceptors (Lipinski definition) is 3. The van der Waals surface area contributed by atoms with E-state index in [2.05, 4.69) is 0 Å². The summed E-state index contributed by atoms with van der Waals surface area (Å²) in [4.78, 5) is 24.8. The van der Waals surface area contributed by atoms with Crippen LogP contribution in [0.3, 0.4) is 0 Å². The lowest BCUT2D eigenvalue weighted by atomic mass is 9.89. The van der Waals surface area contributed by atoms with Gasteiger partial charge in [0.2, 0.25) is 0 Å². The van der Waals surface area contributed by atoms with Gasteiger partial charge in [-0.25, -0.2) is 4.79 Å². The zero-order valence-corrected chi connectivity index (χ0v) is 14.0. The molecule has 1 aliphatic rings. The van der Waals surface area contributed by atoms with Crippen molar-refractivity contribution >= 4 is 12.1 Å². The van der Waals surface area contributed by atoms with Crippen LogP contribution < -0.4 is 0 Å². The number of amides is 1. The first-order chi connectivity index (χ1) is 10.7. The molecule has 5 nitrogen and oxygen atoms in total. The van der Waals surface area contributed by atoms with Crippen LogP contribution in [0.4, 0.5) is 4.79 Å². The fourth-order valence-corrected chi connectivity index (χ4v) is 2.87.